The van der Waals surface area contributed by atoms with Crippen molar-refractivity contribution in [3.8, 4) is 10.9 Å². The number of hydrogen-bond donors (Lipinski definition) is 1. The number of para-hydroxylation sites is 1. The van der Waals surface area contributed by atoms with Crippen LogP contribution in [0.3, 0.4) is 0 Å². The number of carboxylic acid groups (broad SMARTS) is 1. The lowest BCUT2D eigenvalue weighted by Crippen LogP contribution is -2.14. The van der Waals surface area contributed by atoms with Gasteiger partial charge in [-0.05, 0) is 24.1 Å². The van der Waals surface area contributed by atoms with Crippen molar-refractivity contribution in [3.63, 3.8) is 0 Å². The van der Waals surface area contributed by atoms with Crippen molar-refractivity contribution in [1.29, 1.82) is 0 Å². The predicted octanol–water partition coefficient (Wildman–Crippen LogP) is 4.35. The van der Waals surface area contributed by atoms with E-state index in [1.54, 1.807) is 5.38 Å². The zero-order valence-electron chi connectivity index (χ0n) is 12.3. The van der Waals surface area contributed by atoms with Crippen molar-refractivity contribution >= 4 is 17.3 Å². The van der Waals surface area contributed by atoms with Gasteiger partial charge in [0.25, 0.3) is 5.19 Å². The van der Waals surface area contributed by atoms with Crippen LogP contribution in [0.5, 0.6) is 10.9 Å². The number of ether oxygens (including phenoxy) is 1. The van der Waals surface area contributed by atoms with E-state index in [2.05, 4.69) is 4.98 Å². The number of hydrogen-bond acceptors (Lipinski definition) is 4. The second-order valence-electron chi connectivity index (χ2n) is 5.03. The molecule has 1 N–H and O–H groups in total. The van der Waals surface area contributed by atoms with Crippen LogP contribution in [-0.4, -0.2) is 16.1 Å². The van der Waals surface area contributed by atoms with E-state index in [1.165, 1.54) is 11.3 Å². The first-order chi connectivity index (χ1) is 11.2. The third-order valence-electron chi connectivity index (χ3n) is 3.39. The molecule has 1 heterocycles. The van der Waals surface area contributed by atoms with Crippen molar-refractivity contribution < 1.29 is 14.6 Å². The fourth-order valence-corrected chi connectivity index (χ4v) is 2.97. The minimum absolute atomic E-state index is 0.407. The molecule has 3 rings (SSSR count). The number of aliphatic carboxylic acids is 1. The normalized spacial score (nSPS) is 11.8. The summed E-state index contributed by atoms with van der Waals surface area (Å²) in [6.07, 6.45) is 0.407. The van der Waals surface area contributed by atoms with Gasteiger partial charge in [0.1, 0.15) is 11.7 Å². The fourth-order valence-electron chi connectivity index (χ4n) is 2.23. The van der Waals surface area contributed by atoms with Gasteiger partial charge in [-0.2, -0.15) is 0 Å². The van der Waals surface area contributed by atoms with Crippen molar-refractivity contribution in [3.05, 3.63) is 77.3 Å². The molecular formula is C18H15NO3S. The molecule has 3 aromatic rings. The zero-order valence-corrected chi connectivity index (χ0v) is 13.1. The van der Waals surface area contributed by atoms with E-state index in [4.69, 9.17) is 4.74 Å². The molecule has 1 unspecified atom stereocenters. The van der Waals surface area contributed by atoms with Gasteiger partial charge >= 0.3 is 5.97 Å². The van der Waals surface area contributed by atoms with Crippen LogP contribution in [0.2, 0.25) is 0 Å². The molecule has 23 heavy (non-hydrogen) atoms. The number of aromatic nitrogens is 1. The van der Waals surface area contributed by atoms with E-state index in [9.17, 15) is 9.90 Å². The Bertz CT molecular complexity index is 771. The van der Waals surface area contributed by atoms with Gasteiger partial charge in [0, 0.05) is 5.38 Å². The number of nitrogens with zero attached hydrogens (tertiary/aromatic N) is 1. The zero-order chi connectivity index (χ0) is 16.1. The van der Waals surface area contributed by atoms with Gasteiger partial charge < -0.3 is 9.84 Å². The molecule has 0 amide bonds. The second-order valence-corrected chi connectivity index (χ2v) is 5.85. The van der Waals surface area contributed by atoms with Crippen molar-refractivity contribution in [2.45, 2.75) is 12.3 Å². The van der Waals surface area contributed by atoms with Crippen LogP contribution in [-0.2, 0) is 11.2 Å². The van der Waals surface area contributed by atoms with E-state index in [0.717, 1.165) is 5.56 Å². The van der Waals surface area contributed by atoms with Gasteiger partial charge in [-0.25, -0.2) is 4.98 Å². The standard InChI is InChI=1S/C18H15NO3S/c20-17(21)15(11-13-7-3-1-4-8-13)16-12-23-18(19-16)22-14-9-5-2-6-10-14/h1-10,12,15H,11H2,(H,20,21). The summed E-state index contributed by atoms with van der Waals surface area (Å²) in [6.45, 7) is 0. The highest BCUT2D eigenvalue weighted by Gasteiger charge is 2.23. The van der Waals surface area contributed by atoms with Gasteiger partial charge in [0.15, 0.2) is 0 Å². The summed E-state index contributed by atoms with van der Waals surface area (Å²) in [5.74, 6) is -0.879. The summed E-state index contributed by atoms with van der Waals surface area (Å²) in [5, 5.41) is 11.7. The lowest BCUT2D eigenvalue weighted by Gasteiger charge is -2.09. The summed E-state index contributed by atoms with van der Waals surface area (Å²) in [5.41, 5.74) is 1.50. The maximum Gasteiger partial charge on any atom is 0.312 e. The third kappa shape index (κ3) is 3.96. The molecule has 5 heteroatoms. The molecule has 0 saturated carbocycles. The minimum Gasteiger partial charge on any atom is -0.481 e. The van der Waals surface area contributed by atoms with E-state index >= 15 is 0 Å². The number of rotatable bonds is 6. The Labute approximate surface area is 138 Å². The lowest BCUT2D eigenvalue weighted by molar-refractivity contribution is -0.138. The maximum absolute atomic E-state index is 11.6. The van der Waals surface area contributed by atoms with Crippen molar-refractivity contribution in [1.82, 2.24) is 4.98 Å². The summed E-state index contributed by atoms with van der Waals surface area (Å²) >= 11 is 1.30. The average molecular weight is 325 g/mol. The SMILES string of the molecule is O=C(O)C(Cc1ccccc1)c1csc(Oc2ccccc2)n1. The first-order valence-electron chi connectivity index (χ1n) is 7.17. The Morgan fingerprint density at radius 2 is 1.74 bits per heavy atom. The number of carbonyl (C=O) groups is 1. The third-order valence-corrected chi connectivity index (χ3v) is 4.12. The Morgan fingerprint density at radius 1 is 1.09 bits per heavy atom. The van der Waals surface area contributed by atoms with Crippen LogP contribution in [0.1, 0.15) is 17.2 Å². The average Bonchev–Trinajstić information content (AvgIpc) is 3.02. The molecular weight excluding hydrogens is 310 g/mol. The predicted molar refractivity (Wildman–Crippen MR) is 89.2 cm³/mol. The van der Waals surface area contributed by atoms with Crippen molar-refractivity contribution in [2.24, 2.45) is 0 Å². The van der Waals surface area contributed by atoms with E-state index in [0.29, 0.717) is 23.1 Å². The number of benzene rings is 2. The Balaban J connectivity index is 1.77. The second kappa shape index (κ2) is 7.07. The molecule has 0 aliphatic rings. The summed E-state index contributed by atoms with van der Waals surface area (Å²) in [6, 6.07) is 18.9. The quantitative estimate of drug-likeness (QED) is 0.732. The van der Waals surface area contributed by atoms with E-state index in [-0.39, 0.29) is 0 Å². The first-order valence-corrected chi connectivity index (χ1v) is 8.05. The van der Waals surface area contributed by atoms with Gasteiger partial charge in [0.05, 0.1) is 5.69 Å². The molecule has 0 fully saturated rings. The molecule has 4 nitrogen and oxygen atoms in total. The summed E-state index contributed by atoms with van der Waals surface area (Å²) < 4.78 is 5.65. The van der Waals surface area contributed by atoms with Gasteiger partial charge in [-0.15, -0.1) is 0 Å². The van der Waals surface area contributed by atoms with Crippen LogP contribution in [0.4, 0.5) is 0 Å². The molecule has 0 saturated heterocycles. The van der Waals surface area contributed by atoms with Crippen LogP contribution in [0.25, 0.3) is 0 Å². The topological polar surface area (TPSA) is 59.4 Å². The highest BCUT2D eigenvalue weighted by atomic mass is 32.1. The highest BCUT2D eigenvalue weighted by Crippen LogP contribution is 2.29. The molecule has 0 spiro atoms. The molecule has 1 atom stereocenters. The number of thiazole rings is 1. The van der Waals surface area contributed by atoms with Gasteiger partial charge in [-0.3, -0.25) is 4.79 Å². The van der Waals surface area contributed by atoms with E-state index < -0.39 is 11.9 Å². The maximum atomic E-state index is 11.6. The smallest absolute Gasteiger partial charge is 0.312 e. The van der Waals surface area contributed by atoms with Crippen LogP contribution in [0, 0.1) is 0 Å². The summed E-state index contributed by atoms with van der Waals surface area (Å²) in [4.78, 5) is 15.9. The van der Waals surface area contributed by atoms with Crippen molar-refractivity contribution in [2.75, 3.05) is 0 Å². The molecule has 116 valence electrons. The molecule has 0 bridgehead atoms. The Kier molecular flexibility index (Phi) is 4.68. The molecule has 0 aliphatic heterocycles. The Morgan fingerprint density at radius 3 is 2.39 bits per heavy atom. The lowest BCUT2D eigenvalue weighted by atomic mass is 9.97. The fraction of sp³-hybridized carbons (Fsp3) is 0.111. The largest absolute Gasteiger partial charge is 0.481 e. The monoisotopic (exact) mass is 325 g/mol. The van der Waals surface area contributed by atoms with E-state index in [1.807, 2.05) is 60.7 Å². The molecule has 0 aliphatic carbocycles. The Hall–Kier alpha value is -2.66. The van der Waals surface area contributed by atoms with Crippen LogP contribution in [0.15, 0.2) is 66.0 Å². The summed E-state index contributed by atoms with van der Waals surface area (Å²) in [7, 11) is 0. The number of carboxylic acids is 1. The van der Waals surface area contributed by atoms with Gasteiger partial charge in [0.2, 0.25) is 0 Å². The van der Waals surface area contributed by atoms with Crippen LogP contribution >= 0.6 is 11.3 Å². The first kappa shape index (κ1) is 15.2. The molecule has 1 aromatic heterocycles. The highest BCUT2D eigenvalue weighted by molar-refractivity contribution is 7.11. The molecule has 2 aromatic carbocycles. The molecule has 0 radical (unpaired) electrons. The minimum atomic E-state index is -0.884. The van der Waals surface area contributed by atoms with Crippen LogP contribution < -0.4 is 4.74 Å². The van der Waals surface area contributed by atoms with Gasteiger partial charge in [-0.1, -0.05) is 59.9 Å².